The van der Waals surface area contributed by atoms with Crippen molar-refractivity contribution < 1.29 is 17.9 Å². The second kappa shape index (κ2) is 9.73. The third-order valence-corrected chi connectivity index (χ3v) is 7.30. The molecule has 0 saturated heterocycles. The number of benzene rings is 3. The van der Waals surface area contributed by atoms with Gasteiger partial charge in [0.25, 0.3) is 0 Å². The molecule has 7 heteroatoms. The Balaban J connectivity index is 1.67. The number of rotatable bonds is 8. The van der Waals surface area contributed by atoms with Crippen LogP contribution < -0.4 is 14.2 Å². The van der Waals surface area contributed by atoms with Gasteiger partial charge in [-0.05, 0) is 47.4 Å². The molecule has 1 aliphatic rings. The minimum Gasteiger partial charge on any atom is -0.493 e. The van der Waals surface area contributed by atoms with Gasteiger partial charge in [-0.25, -0.2) is 13.1 Å². The summed E-state index contributed by atoms with van der Waals surface area (Å²) < 4.78 is 39.6. The van der Waals surface area contributed by atoms with Gasteiger partial charge in [0.15, 0.2) is 11.5 Å². The lowest BCUT2D eigenvalue weighted by atomic mass is 9.91. The van der Waals surface area contributed by atoms with Gasteiger partial charge >= 0.3 is 0 Å². The van der Waals surface area contributed by atoms with Crippen molar-refractivity contribution in [3.63, 3.8) is 0 Å². The summed E-state index contributed by atoms with van der Waals surface area (Å²) in [4.78, 5) is 2.58. The highest BCUT2D eigenvalue weighted by molar-refractivity contribution is 7.89. The second-order valence-electron chi connectivity index (χ2n) is 7.79. The maximum Gasteiger partial charge on any atom is 0.240 e. The van der Waals surface area contributed by atoms with Gasteiger partial charge in [0.2, 0.25) is 10.0 Å². The fourth-order valence-corrected chi connectivity index (χ4v) is 5.26. The maximum absolute atomic E-state index is 12.9. The first kappa shape index (κ1) is 22.3. The van der Waals surface area contributed by atoms with E-state index in [1.165, 1.54) is 5.56 Å². The van der Waals surface area contributed by atoms with Crippen LogP contribution >= 0.6 is 0 Å². The molecule has 0 amide bonds. The zero-order valence-corrected chi connectivity index (χ0v) is 19.1. The summed E-state index contributed by atoms with van der Waals surface area (Å²) >= 11 is 0. The van der Waals surface area contributed by atoms with Crippen LogP contribution in [0.25, 0.3) is 0 Å². The third kappa shape index (κ3) is 4.80. The number of fused-ring (bicyclic) bond motifs is 1. The Kier molecular flexibility index (Phi) is 6.79. The van der Waals surface area contributed by atoms with Crippen LogP contribution in [0.1, 0.15) is 22.7 Å². The number of nitrogens with zero attached hydrogens (tertiary/aromatic N) is 1. The summed E-state index contributed by atoms with van der Waals surface area (Å²) in [5, 5.41) is 0. The molecule has 32 heavy (non-hydrogen) atoms. The van der Waals surface area contributed by atoms with Crippen LogP contribution in [0.3, 0.4) is 0 Å². The van der Waals surface area contributed by atoms with E-state index in [1.807, 2.05) is 30.3 Å². The summed E-state index contributed by atoms with van der Waals surface area (Å²) in [7, 11) is -0.381. The van der Waals surface area contributed by atoms with E-state index >= 15 is 0 Å². The van der Waals surface area contributed by atoms with Gasteiger partial charge in [-0.1, -0.05) is 48.5 Å². The van der Waals surface area contributed by atoms with Gasteiger partial charge < -0.3 is 9.47 Å². The van der Waals surface area contributed by atoms with E-state index in [0.717, 1.165) is 30.6 Å². The molecule has 1 aliphatic heterocycles. The van der Waals surface area contributed by atoms with Crippen LogP contribution in [0, 0.1) is 0 Å². The minimum absolute atomic E-state index is 0.141. The number of methoxy groups -OCH3 is 2. The van der Waals surface area contributed by atoms with Crippen molar-refractivity contribution in [2.75, 3.05) is 27.3 Å². The fourth-order valence-electron chi connectivity index (χ4n) is 4.20. The van der Waals surface area contributed by atoms with Gasteiger partial charge in [0, 0.05) is 25.7 Å². The lowest BCUT2D eigenvalue weighted by Gasteiger charge is -2.38. The van der Waals surface area contributed by atoms with E-state index in [4.69, 9.17) is 9.47 Å². The van der Waals surface area contributed by atoms with Crippen LogP contribution in [0.4, 0.5) is 0 Å². The van der Waals surface area contributed by atoms with E-state index in [9.17, 15) is 8.42 Å². The summed E-state index contributed by atoms with van der Waals surface area (Å²) in [6.07, 6.45) is 0.852. The van der Waals surface area contributed by atoms with Crippen LogP contribution in [-0.2, 0) is 23.0 Å². The highest BCUT2D eigenvalue weighted by Gasteiger charge is 2.30. The fraction of sp³-hybridized carbons (Fsp3) is 0.280. The van der Waals surface area contributed by atoms with E-state index in [0.29, 0.717) is 11.5 Å². The summed E-state index contributed by atoms with van der Waals surface area (Å²) in [6.45, 7) is 1.80. The first-order chi connectivity index (χ1) is 15.5. The molecule has 0 aromatic heterocycles. The van der Waals surface area contributed by atoms with Gasteiger partial charge in [0.05, 0.1) is 19.1 Å². The Morgan fingerprint density at radius 2 is 1.56 bits per heavy atom. The Bertz CT molecular complexity index is 1150. The molecule has 0 aliphatic carbocycles. The maximum atomic E-state index is 12.9. The molecule has 1 heterocycles. The molecule has 1 atom stereocenters. The van der Waals surface area contributed by atoms with Gasteiger partial charge in [0.1, 0.15) is 0 Å². The molecule has 4 rings (SSSR count). The largest absolute Gasteiger partial charge is 0.493 e. The molecule has 0 radical (unpaired) electrons. The number of sulfonamides is 1. The molecule has 3 aromatic rings. The minimum atomic E-state index is -3.62. The van der Waals surface area contributed by atoms with Crippen molar-refractivity contribution in [2.24, 2.45) is 0 Å². The molecule has 0 spiro atoms. The van der Waals surface area contributed by atoms with Crippen LogP contribution in [0.5, 0.6) is 11.5 Å². The van der Waals surface area contributed by atoms with Crippen molar-refractivity contribution in [3.05, 3.63) is 89.5 Å². The molecular weight excluding hydrogens is 424 g/mol. The molecule has 0 bridgehead atoms. The van der Waals surface area contributed by atoms with Gasteiger partial charge in [-0.3, -0.25) is 4.90 Å². The Hall–Kier alpha value is -2.87. The summed E-state index contributed by atoms with van der Waals surface area (Å²) in [5.74, 6) is 1.33. The molecule has 3 aromatic carbocycles. The van der Waals surface area contributed by atoms with Crippen LogP contribution in [0.15, 0.2) is 77.7 Å². The third-order valence-electron chi connectivity index (χ3n) is 5.86. The van der Waals surface area contributed by atoms with E-state index < -0.39 is 10.0 Å². The topological polar surface area (TPSA) is 67.9 Å². The molecule has 6 nitrogen and oxygen atoms in total. The Morgan fingerprint density at radius 3 is 2.22 bits per heavy atom. The van der Waals surface area contributed by atoms with Crippen LogP contribution in [-0.4, -0.2) is 40.6 Å². The summed E-state index contributed by atoms with van der Waals surface area (Å²) in [5.41, 5.74) is 3.39. The van der Waals surface area contributed by atoms with Gasteiger partial charge in [-0.2, -0.15) is 0 Å². The zero-order valence-electron chi connectivity index (χ0n) is 18.3. The van der Waals surface area contributed by atoms with Crippen molar-refractivity contribution in [3.8, 4) is 11.5 Å². The first-order valence-electron chi connectivity index (χ1n) is 10.6. The zero-order chi connectivity index (χ0) is 22.6. The normalized spacial score (nSPS) is 16.4. The highest BCUT2D eigenvalue weighted by Crippen LogP contribution is 2.38. The molecule has 1 N–H and O–H groups in total. The number of nitrogens with one attached hydrogen (secondary N) is 1. The molecular formula is C25H28N2O4S. The van der Waals surface area contributed by atoms with Crippen molar-refractivity contribution in [1.29, 1.82) is 0 Å². The van der Waals surface area contributed by atoms with E-state index in [2.05, 4.69) is 21.8 Å². The lowest BCUT2D eigenvalue weighted by Crippen LogP contribution is -2.41. The average molecular weight is 453 g/mol. The predicted octanol–water partition coefficient (Wildman–Crippen LogP) is 3.78. The predicted molar refractivity (Wildman–Crippen MR) is 124 cm³/mol. The Morgan fingerprint density at radius 1 is 0.938 bits per heavy atom. The highest BCUT2D eigenvalue weighted by atomic mass is 32.2. The summed E-state index contributed by atoms with van der Waals surface area (Å²) in [6, 6.07) is 22.5. The lowest BCUT2D eigenvalue weighted by molar-refractivity contribution is 0.176. The molecule has 0 saturated carbocycles. The average Bonchev–Trinajstić information content (AvgIpc) is 2.83. The van der Waals surface area contributed by atoms with Crippen LogP contribution in [0.2, 0.25) is 0 Å². The van der Waals surface area contributed by atoms with Crippen molar-refractivity contribution >= 4 is 10.0 Å². The first-order valence-corrected chi connectivity index (χ1v) is 12.1. The smallest absolute Gasteiger partial charge is 0.240 e. The quantitative estimate of drug-likeness (QED) is 0.563. The number of hydrogen-bond acceptors (Lipinski definition) is 5. The van der Waals surface area contributed by atoms with E-state index in [-0.39, 0.29) is 17.5 Å². The number of hydrogen-bond donors (Lipinski definition) is 1. The monoisotopic (exact) mass is 452 g/mol. The molecule has 168 valence electrons. The Labute approximate surface area is 189 Å². The standard InChI is InChI=1S/C25H28N2O4S/c1-30-24-15-20-13-14-27(18-19-9-5-3-6-10-19)23(22(20)16-25(24)31-2)17-26-32(28,29)21-11-7-4-8-12-21/h3-12,15-16,23,26H,13-14,17-18H2,1-2H3/t23-/m0/s1. The van der Waals surface area contributed by atoms with Crippen molar-refractivity contribution in [2.45, 2.75) is 23.9 Å². The van der Waals surface area contributed by atoms with Crippen molar-refractivity contribution in [1.82, 2.24) is 9.62 Å². The number of ether oxygens (including phenoxy) is 2. The van der Waals surface area contributed by atoms with Gasteiger partial charge in [-0.15, -0.1) is 0 Å². The SMILES string of the molecule is COc1cc2c(cc1OC)[C@H](CNS(=O)(=O)c1ccccc1)N(Cc1ccccc1)CC2. The molecule has 0 fully saturated rings. The molecule has 0 unspecified atom stereocenters. The second-order valence-corrected chi connectivity index (χ2v) is 9.56. The van der Waals surface area contributed by atoms with E-state index in [1.54, 1.807) is 44.6 Å².